The standard InChI is InChI=1S/C24H24FN3O5/c25-18-9-8-16-7-6-15(10-17(16)13-18)11-19(21(29)24(32)28-33)23(31)27-20(22(26)30)12-14-4-2-1-3-5-14/h1-10,13,19-21,29,33H,11-12H2,(H2,26,30)(H,27,31)(H,28,32)/t19-,20+,21+/m1/s1. The van der Waals surface area contributed by atoms with Gasteiger partial charge in [0.15, 0.2) is 0 Å². The van der Waals surface area contributed by atoms with Crippen LogP contribution in [0.3, 0.4) is 0 Å². The molecule has 3 rings (SSSR count). The first kappa shape index (κ1) is 23.8. The van der Waals surface area contributed by atoms with Gasteiger partial charge >= 0.3 is 0 Å². The van der Waals surface area contributed by atoms with Crippen LogP contribution in [-0.2, 0) is 27.2 Å². The molecule has 8 nitrogen and oxygen atoms in total. The molecule has 3 atom stereocenters. The predicted octanol–water partition coefficient (Wildman–Crippen LogP) is 1.22. The topological polar surface area (TPSA) is 142 Å². The van der Waals surface area contributed by atoms with E-state index in [9.17, 15) is 23.9 Å². The molecule has 0 saturated heterocycles. The van der Waals surface area contributed by atoms with E-state index < -0.39 is 41.6 Å². The molecule has 0 aromatic heterocycles. The summed E-state index contributed by atoms with van der Waals surface area (Å²) >= 11 is 0. The van der Waals surface area contributed by atoms with Crippen molar-refractivity contribution >= 4 is 28.5 Å². The van der Waals surface area contributed by atoms with Crippen LogP contribution in [0.1, 0.15) is 11.1 Å². The minimum Gasteiger partial charge on any atom is -0.382 e. The number of rotatable bonds is 9. The Labute approximate surface area is 189 Å². The van der Waals surface area contributed by atoms with Crippen molar-refractivity contribution in [3.8, 4) is 0 Å². The Bertz CT molecular complexity index is 1160. The normalized spacial score (nSPS) is 13.7. The van der Waals surface area contributed by atoms with Gasteiger partial charge in [-0.05, 0) is 40.5 Å². The Morgan fingerprint density at radius 1 is 0.879 bits per heavy atom. The Balaban J connectivity index is 1.85. The fraction of sp³-hybridized carbons (Fsp3) is 0.208. The average Bonchev–Trinajstić information content (AvgIpc) is 2.81. The fourth-order valence-corrected chi connectivity index (χ4v) is 3.60. The zero-order chi connectivity index (χ0) is 24.0. The number of aliphatic hydroxyl groups excluding tert-OH is 1. The molecule has 9 heteroatoms. The Kier molecular flexibility index (Phi) is 7.70. The molecule has 0 heterocycles. The lowest BCUT2D eigenvalue weighted by Crippen LogP contribution is -2.52. The maximum atomic E-state index is 13.6. The summed E-state index contributed by atoms with van der Waals surface area (Å²) in [6.45, 7) is 0. The van der Waals surface area contributed by atoms with E-state index >= 15 is 0 Å². The van der Waals surface area contributed by atoms with Crippen molar-refractivity contribution in [2.24, 2.45) is 11.7 Å². The highest BCUT2D eigenvalue weighted by Gasteiger charge is 2.34. The van der Waals surface area contributed by atoms with Gasteiger partial charge in [-0.15, -0.1) is 0 Å². The molecule has 0 aliphatic heterocycles. The predicted molar refractivity (Wildman–Crippen MR) is 118 cm³/mol. The molecular formula is C24H24FN3O5. The molecule has 0 aliphatic carbocycles. The molecule has 3 amide bonds. The number of amides is 3. The van der Waals surface area contributed by atoms with Gasteiger partial charge in [-0.1, -0.05) is 54.6 Å². The summed E-state index contributed by atoms with van der Waals surface area (Å²) in [5.41, 5.74) is 8.07. The number of benzene rings is 3. The van der Waals surface area contributed by atoms with E-state index in [2.05, 4.69) is 5.32 Å². The van der Waals surface area contributed by atoms with Crippen molar-refractivity contribution in [1.82, 2.24) is 10.8 Å². The van der Waals surface area contributed by atoms with Crippen LogP contribution in [0.25, 0.3) is 10.8 Å². The monoisotopic (exact) mass is 453 g/mol. The molecule has 0 spiro atoms. The van der Waals surface area contributed by atoms with E-state index in [1.54, 1.807) is 54.6 Å². The second-order valence-corrected chi connectivity index (χ2v) is 7.71. The molecule has 0 aliphatic rings. The Morgan fingerprint density at radius 3 is 2.24 bits per heavy atom. The van der Waals surface area contributed by atoms with Crippen molar-refractivity contribution in [2.75, 3.05) is 0 Å². The first-order valence-corrected chi connectivity index (χ1v) is 10.2. The summed E-state index contributed by atoms with van der Waals surface area (Å²) in [4.78, 5) is 36.9. The number of primary amides is 1. The number of fused-ring (bicyclic) bond motifs is 1. The summed E-state index contributed by atoms with van der Waals surface area (Å²) < 4.78 is 13.6. The largest absolute Gasteiger partial charge is 0.382 e. The molecule has 0 unspecified atom stereocenters. The molecule has 33 heavy (non-hydrogen) atoms. The number of hydroxylamine groups is 1. The molecule has 6 N–H and O–H groups in total. The van der Waals surface area contributed by atoms with Crippen LogP contribution in [0.5, 0.6) is 0 Å². The molecule has 0 bridgehead atoms. The Hall–Kier alpha value is -3.82. The minimum atomic E-state index is -1.91. The fourth-order valence-electron chi connectivity index (χ4n) is 3.60. The number of nitrogens with two attached hydrogens (primary N) is 1. The lowest BCUT2D eigenvalue weighted by Gasteiger charge is -2.24. The van der Waals surface area contributed by atoms with E-state index in [1.807, 2.05) is 0 Å². The highest BCUT2D eigenvalue weighted by molar-refractivity contribution is 5.92. The van der Waals surface area contributed by atoms with Gasteiger partial charge in [0.2, 0.25) is 11.8 Å². The summed E-state index contributed by atoms with van der Waals surface area (Å²) in [7, 11) is 0. The zero-order valence-electron chi connectivity index (χ0n) is 17.6. The second kappa shape index (κ2) is 10.7. The number of carbonyl (C=O) groups excluding carboxylic acids is 3. The lowest BCUT2D eigenvalue weighted by molar-refractivity contribution is -0.146. The van der Waals surface area contributed by atoms with Gasteiger partial charge in [0.1, 0.15) is 18.0 Å². The van der Waals surface area contributed by atoms with Gasteiger partial charge in [-0.3, -0.25) is 19.6 Å². The third-order valence-electron chi connectivity index (χ3n) is 5.36. The van der Waals surface area contributed by atoms with Crippen LogP contribution in [0.15, 0.2) is 66.7 Å². The van der Waals surface area contributed by atoms with Gasteiger partial charge in [0.05, 0.1) is 5.92 Å². The highest BCUT2D eigenvalue weighted by atomic mass is 19.1. The van der Waals surface area contributed by atoms with Crippen molar-refractivity contribution in [3.63, 3.8) is 0 Å². The van der Waals surface area contributed by atoms with Gasteiger partial charge in [0, 0.05) is 6.42 Å². The summed E-state index contributed by atoms with van der Waals surface area (Å²) in [6.07, 6.45) is -1.92. The van der Waals surface area contributed by atoms with Crippen LogP contribution in [0.2, 0.25) is 0 Å². The SMILES string of the molecule is NC(=O)[C@H](Cc1ccccc1)NC(=O)[C@H](Cc1ccc2ccc(F)cc2c1)[C@H](O)C(=O)NO. The van der Waals surface area contributed by atoms with Gasteiger partial charge < -0.3 is 16.2 Å². The minimum absolute atomic E-state index is 0.117. The molecule has 0 radical (unpaired) electrons. The van der Waals surface area contributed by atoms with Crippen molar-refractivity contribution in [2.45, 2.75) is 25.0 Å². The number of hydrogen-bond donors (Lipinski definition) is 5. The third-order valence-corrected chi connectivity index (χ3v) is 5.36. The number of halogens is 1. The number of nitrogens with one attached hydrogen (secondary N) is 2. The third kappa shape index (κ3) is 6.12. The van der Waals surface area contributed by atoms with Crippen LogP contribution in [0.4, 0.5) is 4.39 Å². The number of hydrogen-bond acceptors (Lipinski definition) is 5. The summed E-state index contributed by atoms with van der Waals surface area (Å²) in [5, 5.41) is 23.2. The molecule has 3 aromatic carbocycles. The van der Waals surface area contributed by atoms with Crippen LogP contribution in [0, 0.1) is 11.7 Å². The molecular weight excluding hydrogens is 429 g/mol. The van der Waals surface area contributed by atoms with Gasteiger partial charge in [0.25, 0.3) is 5.91 Å². The second-order valence-electron chi connectivity index (χ2n) is 7.71. The number of carbonyl (C=O) groups is 3. The van der Waals surface area contributed by atoms with Gasteiger partial charge in [-0.2, -0.15) is 0 Å². The molecule has 0 fully saturated rings. The van der Waals surface area contributed by atoms with Crippen LogP contribution in [-0.4, -0.2) is 40.2 Å². The quantitative estimate of drug-likeness (QED) is 0.245. The summed E-state index contributed by atoms with van der Waals surface area (Å²) in [6, 6.07) is 17.1. The van der Waals surface area contributed by atoms with Crippen molar-refractivity contribution < 1.29 is 29.1 Å². The van der Waals surface area contributed by atoms with Crippen molar-refractivity contribution in [1.29, 1.82) is 0 Å². The maximum Gasteiger partial charge on any atom is 0.272 e. The molecule has 0 saturated carbocycles. The van der Waals surface area contributed by atoms with Gasteiger partial charge in [-0.25, -0.2) is 9.87 Å². The lowest BCUT2D eigenvalue weighted by atomic mass is 9.91. The van der Waals surface area contributed by atoms with Crippen LogP contribution >= 0.6 is 0 Å². The van der Waals surface area contributed by atoms with E-state index in [4.69, 9.17) is 10.9 Å². The maximum absolute atomic E-state index is 13.6. The highest BCUT2D eigenvalue weighted by Crippen LogP contribution is 2.21. The smallest absolute Gasteiger partial charge is 0.272 e. The average molecular weight is 453 g/mol. The van der Waals surface area contributed by atoms with Crippen LogP contribution < -0.4 is 16.5 Å². The first-order valence-electron chi connectivity index (χ1n) is 10.2. The Morgan fingerprint density at radius 2 is 1.58 bits per heavy atom. The van der Waals surface area contributed by atoms with Crippen molar-refractivity contribution in [3.05, 3.63) is 83.7 Å². The van der Waals surface area contributed by atoms with E-state index in [1.165, 1.54) is 17.6 Å². The van der Waals surface area contributed by atoms with E-state index in [0.29, 0.717) is 10.9 Å². The van der Waals surface area contributed by atoms with E-state index in [-0.39, 0.29) is 12.8 Å². The molecule has 172 valence electrons. The molecule has 3 aromatic rings. The number of aliphatic hydroxyl groups is 1. The van der Waals surface area contributed by atoms with E-state index in [0.717, 1.165) is 10.9 Å². The zero-order valence-corrected chi connectivity index (χ0v) is 17.6. The summed E-state index contributed by atoms with van der Waals surface area (Å²) in [5.74, 6) is -4.56. The first-order chi connectivity index (χ1) is 15.8.